The second-order valence-electron chi connectivity index (χ2n) is 2.96. The predicted octanol–water partition coefficient (Wildman–Crippen LogP) is 1.93. The van der Waals surface area contributed by atoms with Crippen LogP contribution in [0.3, 0.4) is 0 Å². The van der Waals surface area contributed by atoms with Crippen LogP contribution in [0, 0.1) is 11.3 Å². The number of hydrogen-bond donors (Lipinski definition) is 0. The van der Waals surface area contributed by atoms with Crippen molar-refractivity contribution >= 4 is 11.6 Å². The smallest absolute Gasteiger partial charge is 0.147 e. The third kappa shape index (κ3) is 1.72. The van der Waals surface area contributed by atoms with Gasteiger partial charge in [-0.05, 0) is 13.8 Å². The first-order chi connectivity index (χ1) is 5.56. The van der Waals surface area contributed by atoms with Crippen LogP contribution in [-0.2, 0) is 5.41 Å². The van der Waals surface area contributed by atoms with Gasteiger partial charge in [0.15, 0.2) is 0 Å². The molecule has 0 atom stereocenters. The Balaban J connectivity index is 3.07. The number of nitrogens with zero attached hydrogens (tertiary/aromatic N) is 3. The van der Waals surface area contributed by atoms with Gasteiger partial charge in [0.25, 0.3) is 0 Å². The van der Waals surface area contributed by atoms with Gasteiger partial charge in [0.05, 0.1) is 29.6 Å². The van der Waals surface area contributed by atoms with Crippen LogP contribution in [0.25, 0.3) is 0 Å². The van der Waals surface area contributed by atoms with Crippen LogP contribution >= 0.6 is 11.6 Å². The van der Waals surface area contributed by atoms with E-state index in [-0.39, 0.29) is 0 Å². The highest BCUT2D eigenvalue weighted by atomic mass is 35.5. The van der Waals surface area contributed by atoms with E-state index in [9.17, 15) is 0 Å². The summed E-state index contributed by atoms with van der Waals surface area (Å²) < 4.78 is 0. The Labute approximate surface area is 76.0 Å². The first kappa shape index (κ1) is 8.95. The molecule has 0 bridgehead atoms. The van der Waals surface area contributed by atoms with Gasteiger partial charge >= 0.3 is 0 Å². The van der Waals surface area contributed by atoms with Crippen molar-refractivity contribution in [3.05, 3.63) is 23.2 Å². The summed E-state index contributed by atoms with van der Waals surface area (Å²) in [5, 5.41) is 9.11. The molecule has 1 aromatic heterocycles. The molecule has 0 aliphatic rings. The lowest BCUT2D eigenvalue weighted by atomic mass is 9.92. The van der Waals surface area contributed by atoms with Gasteiger partial charge in [-0.3, -0.25) is 4.98 Å². The molecule has 3 nitrogen and oxygen atoms in total. The molecule has 0 N–H and O–H groups in total. The zero-order valence-electron chi connectivity index (χ0n) is 6.87. The van der Waals surface area contributed by atoms with Crippen molar-refractivity contribution in [1.82, 2.24) is 9.97 Å². The molecule has 1 aromatic rings. The summed E-state index contributed by atoms with van der Waals surface area (Å²) in [4.78, 5) is 7.85. The van der Waals surface area contributed by atoms with Gasteiger partial charge < -0.3 is 0 Å². The maximum atomic E-state index is 8.77. The molecule has 0 spiro atoms. The second kappa shape index (κ2) is 3.08. The monoisotopic (exact) mass is 181 g/mol. The summed E-state index contributed by atoms with van der Waals surface area (Å²) in [5.74, 6) is 0. The van der Waals surface area contributed by atoms with Crippen molar-refractivity contribution in [1.29, 1.82) is 5.26 Å². The zero-order chi connectivity index (χ0) is 9.19. The molecule has 4 heteroatoms. The number of halogens is 1. The van der Waals surface area contributed by atoms with Crippen LogP contribution in [0.5, 0.6) is 0 Å². The van der Waals surface area contributed by atoms with E-state index in [1.165, 1.54) is 12.4 Å². The Morgan fingerprint density at radius 2 is 2.08 bits per heavy atom. The molecule has 0 radical (unpaired) electrons. The average molecular weight is 182 g/mol. The van der Waals surface area contributed by atoms with Crippen molar-refractivity contribution in [2.75, 3.05) is 0 Å². The molecule has 0 unspecified atom stereocenters. The summed E-state index contributed by atoms with van der Waals surface area (Å²) in [5.41, 5.74) is 0.0341. The maximum Gasteiger partial charge on any atom is 0.147 e. The van der Waals surface area contributed by atoms with Crippen LogP contribution < -0.4 is 0 Å². The molecule has 1 heterocycles. The molecule has 0 saturated heterocycles. The molecule has 12 heavy (non-hydrogen) atoms. The Morgan fingerprint density at radius 1 is 1.42 bits per heavy atom. The van der Waals surface area contributed by atoms with Gasteiger partial charge in [0.1, 0.15) is 5.15 Å². The lowest BCUT2D eigenvalue weighted by molar-refractivity contribution is 0.654. The topological polar surface area (TPSA) is 49.6 Å². The molecule has 1 rings (SSSR count). The molecule has 0 aliphatic heterocycles. The van der Waals surface area contributed by atoms with Crippen molar-refractivity contribution in [2.24, 2.45) is 0 Å². The van der Waals surface area contributed by atoms with E-state index in [2.05, 4.69) is 16.0 Å². The van der Waals surface area contributed by atoms with Crippen molar-refractivity contribution in [2.45, 2.75) is 19.3 Å². The van der Waals surface area contributed by atoms with Crippen molar-refractivity contribution < 1.29 is 0 Å². The maximum absolute atomic E-state index is 8.77. The van der Waals surface area contributed by atoms with E-state index >= 15 is 0 Å². The molecule has 62 valence electrons. The minimum atomic E-state index is -0.600. The van der Waals surface area contributed by atoms with Crippen molar-refractivity contribution in [3.8, 4) is 6.07 Å². The molecule has 0 aliphatic carbocycles. The first-order valence-corrected chi connectivity index (χ1v) is 3.83. The standard InChI is InChI=1S/C8H8ClN3/c1-8(2,5-10)6-3-12-7(9)4-11-6/h3-4H,1-2H3. The van der Waals surface area contributed by atoms with Crippen LogP contribution in [0.2, 0.25) is 5.15 Å². The van der Waals surface area contributed by atoms with Gasteiger partial charge in [-0.1, -0.05) is 11.6 Å². The van der Waals surface area contributed by atoms with Crippen LogP contribution in [-0.4, -0.2) is 9.97 Å². The Morgan fingerprint density at radius 3 is 2.50 bits per heavy atom. The molecule has 0 fully saturated rings. The van der Waals surface area contributed by atoms with E-state index in [4.69, 9.17) is 16.9 Å². The van der Waals surface area contributed by atoms with Crippen LogP contribution in [0.4, 0.5) is 0 Å². The molecule has 0 amide bonds. The number of rotatable bonds is 1. The van der Waals surface area contributed by atoms with E-state index in [0.717, 1.165) is 0 Å². The fraction of sp³-hybridized carbons (Fsp3) is 0.375. The lowest BCUT2D eigenvalue weighted by Gasteiger charge is -2.12. The number of nitriles is 1. The Bertz CT molecular complexity index is 310. The van der Waals surface area contributed by atoms with Crippen LogP contribution in [0.1, 0.15) is 19.5 Å². The summed E-state index contributed by atoms with van der Waals surface area (Å²) in [6.07, 6.45) is 2.96. The number of hydrogen-bond acceptors (Lipinski definition) is 3. The zero-order valence-corrected chi connectivity index (χ0v) is 7.63. The quantitative estimate of drug-likeness (QED) is 0.665. The SMILES string of the molecule is CC(C)(C#N)c1cnc(Cl)cn1. The van der Waals surface area contributed by atoms with E-state index in [1.54, 1.807) is 13.8 Å². The predicted molar refractivity (Wildman–Crippen MR) is 45.7 cm³/mol. The third-order valence-corrected chi connectivity index (χ3v) is 1.74. The average Bonchev–Trinajstić information content (AvgIpc) is 2.05. The molecular weight excluding hydrogens is 174 g/mol. The number of aromatic nitrogens is 2. The summed E-state index contributed by atoms with van der Waals surface area (Å²) >= 11 is 5.55. The normalized spacial score (nSPS) is 10.8. The molecular formula is C8H8ClN3. The summed E-state index contributed by atoms with van der Waals surface area (Å²) in [7, 11) is 0. The fourth-order valence-corrected chi connectivity index (χ4v) is 0.790. The van der Waals surface area contributed by atoms with E-state index in [0.29, 0.717) is 10.8 Å². The third-order valence-electron chi connectivity index (χ3n) is 1.54. The van der Waals surface area contributed by atoms with Gasteiger partial charge in [-0.15, -0.1) is 0 Å². The summed E-state index contributed by atoms with van der Waals surface area (Å²) in [6.45, 7) is 3.57. The molecule has 0 saturated carbocycles. The van der Waals surface area contributed by atoms with E-state index in [1.807, 2.05) is 0 Å². The fourth-order valence-electron chi connectivity index (χ4n) is 0.692. The largest absolute Gasteiger partial charge is 0.255 e. The van der Waals surface area contributed by atoms with Gasteiger partial charge in [-0.2, -0.15) is 5.26 Å². The first-order valence-electron chi connectivity index (χ1n) is 3.45. The second-order valence-corrected chi connectivity index (χ2v) is 3.35. The van der Waals surface area contributed by atoms with Crippen LogP contribution in [0.15, 0.2) is 12.4 Å². The Hall–Kier alpha value is -1.14. The highest BCUT2D eigenvalue weighted by Crippen LogP contribution is 2.19. The van der Waals surface area contributed by atoms with Crippen molar-refractivity contribution in [3.63, 3.8) is 0 Å². The van der Waals surface area contributed by atoms with Gasteiger partial charge in [0, 0.05) is 0 Å². The highest BCUT2D eigenvalue weighted by molar-refractivity contribution is 6.29. The molecule has 0 aromatic carbocycles. The lowest BCUT2D eigenvalue weighted by Crippen LogP contribution is -2.15. The minimum absolute atomic E-state index is 0.340. The highest BCUT2D eigenvalue weighted by Gasteiger charge is 2.21. The Kier molecular flexibility index (Phi) is 2.30. The van der Waals surface area contributed by atoms with Gasteiger partial charge in [0.2, 0.25) is 0 Å². The van der Waals surface area contributed by atoms with Gasteiger partial charge in [-0.25, -0.2) is 4.98 Å². The minimum Gasteiger partial charge on any atom is -0.255 e. The summed E-state index contributed by atoms with van der Waals surface area (Å²) in [6, 6.07) is 2.13. The van der Waals surface area contributed by atoms with E-state index < -0.39 is 5.41 Å².